The Morgan fingerprint density at radius 2 is 1.97 bits per heavy atom. The minimum Gasteiger partial charge on any atom is -0.483 e. The molecule has 8 heteroatoms. The first-order chi connectivity index (χ1) is 15.0. The van der Waals surface area contributed by atoms with Crippen molar-refractivity contribution in [3.05, 3.63) is 78.6 Å². The van der Waals surface area contributed by atoms with Crippen LogP contribution in [-0.4, -0.2) is 32.2 Å². The van der Waals surface area contributed by atoms with Crippen LogP contribution in [0.1, 0.15) is 36.1 Å². The second kappa shape index (κ2) is 10.6. The number of nitrogens with zero attached hydrogens (tertiary/aromatic N) is 3. The lowest BCUT2D eigenvalue weighted by molar-refractivity contribution is -0.113. The van der Waals surface area contributed by atoms with Crippen molar-refractivity contribution in [3.8, 4) is 5.75 Å². The highest BCUT2D eigenvalue weighted by atomic mass is 32.2. The maximum absolute atomic E-state index is 12.4. The first kappa shape index (κ1) is 22.3. The lowest BCUT2D eigenvalue weighted by atomic mass is 10.1. The van der Waals surface area contributed by atoms with E-state index in [1.165, 1.54) is 18.7 Å². The van der Waals surface area contributed by atoms with Gasteiger partial charge in [-0.05, 0) is 38.1 Å². The van der Waals surface area contributed by atoms with Crippen molar-refractivity contribution in [1.29, 1.82) is 0 Å². The maximum atomic E-state index is 12.4. The van der Waals surface area contributed by atoms with E-state index in [4.69, 9.17) is 4.74 Å². The fourth-order valence-electron chi connectivity index (χ4n) is 2.91. The number of rotatable bonds is 10. The zero-order chi connectivity index (χ0) is 22.2. The number of carbonyl (C=O) groups is 2. The molecule has 2 aromatic carbocycles. The summed E-state index contributed by atoms with van der Waals surface area (Å²) in [4.78, 5) is 23.9. The molecule has 0 radical (unpaired) electrons. The van der Waals surface area contributed by atoms with E-state index in [0.29, 0.717) is 28.8 Å². The van der Waals surface area contributed by atoms with Crippen molar-refractivity contribution in [2.75, 3.05) is 11.1 Å². The Labute approximate surface area is 185 Å². The van der Waals surface area contributed by atoms with E-state index in [9.17, 15) is 9.59 Å². The molecule has 0 bridgehead atoms. The fraction of sp³-hybridized carbons (Fsp3) is 0.217. The molecule has 31 heavy (non-hydrogen) atoms. The molecule has 1 unspecified atom stereocenters. The quantitative estimate of drug-likeness (QED) is 0.285. The monoisotopic (exact) mass is 436 g/mol. The number of Topliss-reactive ketones (excluding diaryl/α,β-unsaturated/α-hetero) is 1. The molecule has 0 aliphatic heterocycles. The van der Waals surface area contributed by atoms with Gasteiger partial charge in [0, 0.05) is 17.8 Å². The molecule has 0 fully saturated rings. The van der Waals surface area contributed by atoms with Crippen molar-refractivity contribution in [3.63, 3.8) is 0 Å². The molecule has 3 aromatic rings. The SMILES string of the molecule is C=CCn1c(SCC(=O)Nc2cccc(C(C)=O)c2)nnc1C(C)Oc1ccccc1. The summed E-state index contributed by atoms with van der Waals surface area (Å²) < 4.78 is 7.85. The van der Waals surface area contributed by atoms with Crippen LogP contribution in [-0.2, 0) is 11.3 Å². The minimum absolute atomic E-state index is 0.0534. The van der Waals surface area contributed by atoms with Crippen LogP contribution in [0, 0.1) is 0 Å². The summed E-state index contributed by atoms with van der Waals surface area (Å²) in [7, 11) is 0. The van der Waals surface area contributed by atoms with Crippen LogP contribution in [0.5, 0.6) is 5.75 Å². The fourth-order valence-corrected chi connectivity index (χ4v) is 3.66. The Hall–Kier alpha value is -3.39. The van der Waals surface area contributed by atoms with Gasteiger partial charge in [0.25, 0.3) is 0 Å². The van der Waals surface area contributed by atoms with Crippen LogP contribution in [0.3, 0.4) is 0 Å². The van der Waals surface area contributed by atoms with Gasteiger partial charge in [0.2, 0.25) is 5.91 Å². The molecule has 1 aromatic heterocycles. The van der Waals surface area contributed by atoms with Crippen LogP contribution < -0.4 is 10.1 Å². The second-order valence-electron chi connectivity index (χ2n) is 6.79. The number of thioether (sulfide) groups is 1. The summed E-state index contributed by atoms with van der Waals surface area (Å²) in [6.07, 6.45) is 1.42. The molecule has 0 saturated carbocycles. The van der Waals surface area contributed by atoms with Crippen molar-refractivity contribution in [2.45, 2.75) is 31.7 Å². The van der Waals surface area contributed by atoms with Gasteiger partial charge in [-0.1, -0.05) is 48.2 Å². The first-order valence-electron chi connectivity index (χ1n) is 9.77. The van der Waals surface area contributed by atoms with Gasteiger partial charge in [-0.15, -0.1) is 16.8 Å². The third-order valence-electron chi connectivity index (χ3n) is 4.36. The molecule has 0 aliphatic rings. The third-order valence-corrected chi connectivity index (χ3v) is 5.33. The highest BCUT2D eigenvalue weighted by Crippen LogP contribution is 2.25. The molecule has 1 N–H and O–H groups in total. The van der Waals surface area contributed by atoms with Gasteiger partial charge in [0.15, 0.2) is 22.9 Å². The number of hydrogen-bond acceptors (Lipinski definition) is 6. The van der Waals surface area contributed by atoms with Crippen molar-refractivity contribution >= 4 is 29.1 Å². The summed E-state index contributed by atoms with van der Waals surface area (Å²) >= 11 is 1.28. The Morgan fingerprint density at radius 1 is 1.19 bits per heavy atom. The Morgan fingerprint density at radius 3 is 2.68 bits per heavy atom. The van der Waals surface area contributed by atoms with Gasteiger partial charge in [-0.2, -0.15) is 0 Å². The Balaban J connectivity index is 1.66. The molecule has 1 atom stereocenters. The van der Waals surface area contributed by atoms with Crippen LogP contribution in [0.4, 0.5) is 5.69 Å². The molecule has 7 nitrogen and oxygen atoms in total. The first-order valence-corrected chi connectivity index (χ1v) is 10.8. The summed E-state index contributed by atoms with van der Waals surface area (Å²) in [6, 6.07) is 16.4. The molecule has 0 spiro atoms. The number of aromatic nitrogens is 3. The molecule has 160 valence electrons. The molecule has 1 heterocycles. The molecule has 0 aliphatic carbocycles. The highest BCUT2D eigenvalue weighted by molar-refractivity contribution is 7.99. The van der Waals surface area contributed by atoms with Gasteiger partial charge in [-0.25, -0.2) is 0 Å². The van der Waals surface area contributed by atoms with Gasteiger partial charge in [0.1, 0.15) is 5.75 Å². The lowest BCUT2D eigenvalue weighted by Crippen LogP contribution is -2.15. The highest BCUT2D eigenvalue weighted by Gasteiger charge is 2.19. The van der Waals surface area contributed by atoms with Crippen LogP contribution >= 0.6 is 11.8 Å². The number of allylic oxidation sites excluding steroid dienone is 1. The maximum Gasteiger partial charge on any atom is 0.234 e. The average Bonchev–Trinajstić information content (AvgIpc) is 3.16. The smallest absolute Gasteiger partial charge is 0.234 e. The standard InChI is InChI=1S/C23H24N4O3S/c1-4-13-27-22(17(3)30-20-11-6-5-7-12-20)25-26-23(27)31-15-21(29)24-19-10-8-9-18(14-19)16(2)28/h4-12,14,17H,1,13,15H2,2-3H3,(H,24,29). The van der Waals surface area contributed by atoms with E-state index >= 15 is 0 Å². The molecule has 1 amide bonds. The zero-order valence-electron chi connectivity index (χ0n) is 17.4. The summed E-state index contributed by atoms with van der Waals surface area (Å²) in [6.45, 7) is 7.69. The van der Waals surface area contributed by atoms with Crippen LogP contribution in [0.25, 0.3) is 0 Å². The minimum atomic E-state index is -0.327. The Kier molecular flexibility index (Phi) is 7.61. The second-order valence-corrected chi connectivity index (χ2v) is 7.73. The largest absolute Gasteiger partial charge is 0.483 e. The van der Waals surface area contributed by atoms with Gasteiger partial charge in [-0.3, -0.25) is 14.2 Å². The van der Waals surface area contributed by atoms with Crippen LogP contribution in [0.2, 0.25) is 0 Å². The van der Waals surface area contributed by atoms with E-state index in [-0.39, 0.29) is 23.5 Å². The number of para-hydroxylation sites is 1. The van der Waals surface area contributed by atoms with Crippen molar-refractivity contribution in [1.82, 2.24) is 14.8 Å². The number of benzene rings is 2. The number of nitrogens with one attached hydrogen (secondary N) is 1. The number of amides is 1. The van der Waals surface area contributed by atoms with E-state index < -0.39 is 0 Å². The molecule has 3 rings (SSSR count). The van der Waals surface area contributed by atoms with E-state index in [2.05, 4.69) is 22.1 Å². The third kappa shape index (κ3) is 6.05. The van der Waals surface area contributed by atoms with Crippen molar-refractivity contribution < 1.29 is 14.3 Å². The van der Waals surface area contributed by atoms with E-state index in [1.54, 1.807) is 30.3 Å². The average molecular weight is 437 g/mol. The van der Waals surface area contributed by atoms with Gasteiger partial charge in [0.05, 0.1) is 5.75 Å². The van der Waals surface area contributed by atoms with Gasteiger partial charge >= 0.3 is 0 Å². The number of hydrogen-bond donors (Lipinski definition) is 1. The normalized spacial score (nSPS) is 11.5. The van der Waals surface area contributed by atoms with Gasteiger partial charge < -0.3 is 10.1 Å². The zero-order valence-corrected chi connectivity index (χ0v) is 18.3. The Bertz CT molecular complexity index is 1070. The topological polar surface area (TPSA) is 86.1 Å². The summed E-state index contributed by atoms with van der Waals surface area (Å²) in [5.41, 5.74) is 1.13. The number of anilines is 1. The predicted octanol–water partition coefficient (Wildman–Crippen LogP) is 4.54. The molecular formula is C23H24N4O3S. The number of ketones is 1. The molecule has 0 saturated heterocycles. The molecular weight excluding hydrogens is 412 g/mol. The number of carbonyl (C=O) groups excluding carboxylic acids is 2. The van der Waals surface area contributed by atoms with Crippen LogP contribution in [0.15, 0.2) is 72.4 Å². The summed E-state index contributed by atoms with van der Waals surface area (Å²) in [5.74, 6) is 1.29. The van der Waals surface area contributed by atoms with E-state index in [1.807, 2.05) is 41.8 Å². The summed E-state index contributed by atoms with van der Waals surface area (Å²) in [5, 5.41) is 11.9. The number of ether oxygens (including phenoxy) is 1. The van der Waals surface area contributed by atoms with E-state index in [0.717, 1.165) is 5.75 Å². The van der Waals surface area contributed by atoms with Crippen molar-refractivity contribution in [2.24, 2.45) is 0 Å². The predicted molar refractivity (Wildman–Crippen MR) is 122 cm³/mol. The lowest BCUT2D eigenvalue weighted by Gasteiger charge is -2.15.